The normalized spacial score (nSPS) is 13.2. The third-order valence-corrected chi connectivity index (χ3v) is 3.69. The number of carboxylic acids is 1. The molecule has 0 fully saturated rings. The number of rotatable bonds is 7. The molecule has 0 unspecified atom stereocenters. The largest absolute Gasteiger partial charge is 0.480 e. The van der Waals surface area contributed by atoms with Crippen LogP contribution in [0.2, 0.25) is 0 Å². The summed E-state index contributed by atoms with van der Waals surface area (Å²) in [5, 5.41) is 8.33. The first-order valence-corrected chi connectivity index (χ1v) is 7.21. The zero-order valence-corrected chi connectivity index (χ0v) is 10.9. The molecular weight excluding hydrogens is 280 g/mol. The van der Waals surface area contributed by atoms with Gasteiger partial charge < -0.3 is 5.11 Å². The van der Waals surface area contributed by atoms with Crippen LogP contribution in [0.1, 0.15) is 5.56 Å². The van der Waals surface area contributed by atoms with Gasteiger partial charge in [-0.25, -0.2) is 13.8 Å². The minimum Gasteiger partial charge on any atom is -0.480 e. The monoisotopic (exact) mass is 292 g/mol. The molecule has 3 N–H and O–H groups in total. The first kappa shape index (κ1) is 14.9. The summed E-state index contributed by atoms with van der Waals surface area (Å²) in [4.78, 5) is 12.9. The van der Waals surface area contributed by atoms with Crippen LogP contribution in [0.5, 0.6) is 0 Å². The topological polar surface area (TPSA) is 95.5 Å². The lowest BCUT2D eigenvalue weighted by Gasteiger charge is -2.14. The molecule has 0 heterocycles. The number of benzene rings is 1. The third kappa shape index (κ3) is 5.01. The molecule has 18 heavy (non-hydrogen) atoms. The Bertz CT molecular complexity index is 492. The zero-order chi connectivity index (χ0) is 13.6. The minimum atomic E-state index is -3.70. The lowest BCUT2D eigenvalue weighted by molar-refractivity contribution is -0.139. The molecule has 100 valence electrons. The number of halogens is 1. The summed E-state index contributed by atoms with van der Waals surface area (Å²) in [5.41, 5.74) is 3.02. The number of carbonyl (C=O) groups is 1. The van der Waals surface area contributed by atoms with Gasteiger partial charge in [0.25, 0.3) is 0 Å². The summed E-state index contributed by atoms with van der Waals surface area (Å²) in [6, 6.07) is 7.81. The van der Waals surface area contributed by atoms with Crippen molar-refractivity contribution < 1.29 is 18.3 Å². The molecule has 0 aliphatic carbocycles. The predicted octanol–water partition coefficient (Wildman–Crippen LogP) is 0.303. The van der Waals surface area contributed by atoms with Crippen LogP contribution >= 0.6 is 11.6 Å². The third-order valence-electron chi connectivity index (χ3n) is 2.11. The molecule has 0 saturated heterocycles. The second kappa shape index (κ2) is 6.69. The van der Waals surface area contributed by atoms with E-state index in [9.17, 15) is 13.2 Å². The zero-order valence-electron chi connectivity index (χ0n) is 9.34. The minimum absolute atomic E-state index is 0.154. The Morgan fingerprint density at radius 2 is 1.94 bits per heavy atom. The second-order valence-electron chi connectivity index (χ2n) is 3.55. The number of sulfonamides is 1. The van der Waals surface area contributed by atoms with Gasteiger partial charge in [-0.2, -0.15) is 0 Å². The van der Waals surface area contributed by atoms with Crippen molar-refractivity contribution in [1.29, 1.82) is 0 Å². The average molecular weight is 293 g/mol. The van der Waals surface area contributed by atoms with Crippen LogP contribution < -0.4 is 10.3 Å². The summed E-state index contributed by atoms with van der Waals surface area (Å²) in [6.07, 6.45) is 0.154. The Labute approximate surface area is 110 Å². The van der Waals surface area contributed by atoms with E-state index in [1.54, 1.807) is 24.3 Å². The number of aliphatic carboxylic acids is 1. The molecule has 0 radical (unpaired) electrons. The maximum absolute atomic E-state index is 11.1. The summed E-state index contributed by atoms with van der Waals surface area (Å²) < 4.78 is 22.2. The van der Waals surface area contributed by atoms with E-state index in [0.29, 0.717) is 0 Å². The number of hydrazine groups is 1. The van der Waals surface area contributed by atoms with Gasteiger partial charge in [-0.05, 0) is 12.0 Å². The Morgan fingerprint density at radius 3 is 2.44 bits per heavy atom. The van der Waals surface area contributed by atoms with Gasteiger partial charge >= 0.3 is 5.97 Å². The van der Waals surface area contributed by atoms with E-state index in [1.165, 1.54) is 0 Å². The van der Waals surface area contributed by atoms with E-state index in [4.69, 9.17) is 16.7 Å². The van der Waals surface area contributed by atoms with Crippen LogP contribution in [0, 0.1) is 0 Å². The van der Waals surface area contributed by atoms with E-state index in [0.717, 1.165) is 5.56 Å². The number of alkyl halides is 1. The van der Waals surface area contributed by atoms with Crippen molar-refractivity contribution in [2.24, 2.45) is 0 Å². The van der Waals surface area contributed by atoms with Gasteiger partial charge in [-0.1, -0.05) is 30.3 Å². The highest BCUT2D eigenvalue weighted by molar-refractivity contribution is 7.90. The van der Waals surface area contributed by atoms with Crippen molar-refractivity contribution in [2.45, 2.75) is 12.5 Å². The van der Waals surface area contributed by atoms with E-state index in [1.807, 2.05) is 10.9 Å². The Balaban J connectivity index is 2.65. The van der Waals surface area contributed by atoms with Gasteiger partial charge in [0.15, 0.2) is 0 Å². The highest BCUT2D eigenvalue weighted by Gasteiger charge is 2.19. The van der Waals surface area contributed by atoms with E-state index >= 15 is 0 Å². The first-order valence-electron chi connectivity index (χ1n) is 5.02. The Hall–Kier alpha value is -1.15. The van der Waals surface area contributed by atoms with Crippen molar-refractivity contribution >= 4 is 27.6 Å². The lowest BCUT2D eigenvalue weighted by Crippen LogP contribution is -2.49. The van der Waals surface area contributed by atoms with E-state index in [-0.39, 0.29) is 6.42 Å². The second-order valence-corrected chi connectivity index (χ2v) is 5.86. The maximum atomic E-state index is 11.1. The van der Waals surface area contributed by atoms with Gasteiger partial charge in [0.05, 0.1) is 0 Å². The highest BCUT2D eigenvalue weighted by Crippen LogP contribution is 2.03. The molecule has 0 saturated carbocycles. The molecule has 0 spiro atoms. The lowest BCUT2D eigenvalue weighted by atomic mass is 10.1. The number of hydrogen-bond acceptors (Lipinski definition) is 4. The van der Waals surface area contributed by atoms with Gasteiger partial charge in [-0.3, -0.25) is 4.79 Å². The van der Waals surface area contributed by atoms with E-state index in [2.05, 4.69) is 5.43 Å². The van der Waals surface area contributed by atoms with Gasteiger partial charge in [0.2, 0.25) is 10.0 Å². The Morgan fingerprint density at radius 1 is 1.33 bits per heavy atom. The molecule has 1 atom stereocenters. The number of carboxylic acid groups (broad SMARTS) is 1. The van der Waals surface area contributed by atoms with Crippen LogP contribution in [0.25, 0.3) is 0 Å². The fraction of sp³-hybridized carbons (Fsp3) is 0.300. The van der Waals surface area contributed by atoms with Crippen LogP contribution in [0.15, 0.2) is 30.3 Å². The molecule has 8 heteroatoms. The molecule has 6 nitrogen and oxygen atoms in total. The van der Waals surface area contributed by atoms with Crippen molar-refractivity contribution in [3.05, 3.63) is 35.9 Å². The molecule has 1 aromatic rings. The van der Waals surface area contributed by atoms with Crippen LogP contribution in [0.4, 0.5) is 0 Å². The van der Waals surface area contributed by atoms with Gasteiger partial charge in [0.1, 0.15) is 11.3 Å². The highest BCUT2D eigenvalue weighted by atomic mass is 35.5. The quantitative estimate of drug-likeness (QED) is 0.496. The summed E-state index contributed by atoms with van der Waals surface area (Å²) in [7, 11) is -3.70. The fourth-order valence-corrected chi connectivity index (χ4v) is 1.78. The predicted molar refractivity (Wildman–Crippen MR) is 67.5 cm³/mol. The Kier molecular flexibility index (Phi) is 5.54. The van der Waals surface area contributed by atoms with Crippen molar-refractivity contribution in [2.75, 3.05) is 5.21 Å². The fourth-order valence-electron chi connectivity index (χ4n) is 1.24. The maximum Gasteiger partial charge on any atom is 0.322 e. The van der Waals surface area contributed by atoms with Crippen molar-refractivity contribution in [3.63, 3.8) is 0 Å². The number of nitrogens with one attached hydrogen (secondary N) is 2. The van der Waals surface area contributed by atoms with Gasteiger partial charge in [-0.15, -0.1) is 16.4 Å². The molecular formula is C10H13ClN2O4S. The number of hydrogen-bond donors (Lipinski definition) is 3. The van der Waals surface area contributed by atoms with Crippen LogP contribution in [-0.2, 0) is 21.2 Å². The summed E-state index contributed by atoms with van der Waals surface area (Å²) >= 11 is 5.18. The molecule has 0 aliphatic rings. The first-order chi connectivity index (χ1) is 8.44. The SMILES string of the molecule is O=C(O)[C@H](Cc1ccccc1)NNS(=O)(=O)CCl. The molecule has 0 aromatic heterocycles. The molecule has 0 amide bonds. The van der Waals surface area contributed by atoms with Crippen molar-refractivity contribution in [1.82, 2.24) is 10.3 Å². The average Bonchev–Trinajstić information content (AvgIpc) is 2.35. The molecule has 1 aromatic carbocycles. The molecule has 1 rings (SSSR count). The van der Waals surface area contributed by atoms with Crippen LogP contribution in [0.3, 0.4) is 0 Å². The van der Waals surface area contributed by atoms with Gasteiger partial charge in [0, 0.05) is 0 Å². The van der Waals surface area contributed by atoms with Crippen molar-refractivity contribution in [3.8, 4) is 0 Å². The smallest absolute Gasteiger partial charge is 0.322 e. The standard InChI is InChI=1S/C10H13ClN2O4S/c11-7-18(16,17)13-12-9(10(14)15)6-8-4-2-1-3-5-8/h1-5,9,12-13H,6-7H2,(H,14,15)/t9-/m0/s1. The van der Waals surface area contributed by atoms with Crippen LogP contribution in [-0.4, -0.2) is 30.7 Å². The molecule has 0 aliphatic heterocycles. The summed E-state index contributed by atoms with van der Waals surface area (Å²) in [5.74, 6) is -1.16. The molecule has 0 bridgehead atoms. The summed E-state index contributed by atoms with van der Waals surface area (Å²) in [6.45, 7) is 0. The van der Waals surface area contributed by atoms with E-state index < -0.39 is 27.2 Å².